The summed E-state index contributed by atoms with van der Waals surface area (Å²) in [5.74, 6) is -2.45. The highest BCUT2D eigenvalue weighted by Gasteiger charge is 2.43. The third-order valence-electron chi connectivity index (χ3n) is 2.07. The van der Waals surface area contributed by atoms with Crippen molar-refractivity contribution in [3.8, 4) is 0 Å². The van der Waals surface area contributed by atoms with Crippen molar-refractivity contribution in [2.24, 2.45) is 0 Å². The second-order valence-corrected chi connectivity index (χ2v) is 2.67. The Hall–Kier alpha value is -0.180. The summed E-state index contributed by atoms with van der Waals surface area (Å²) in [5, 5.41) is 0. The van der Waals surface area contributed by atoms with Crippen LogP contribution in [0.3, 0.4) is 0 Å². The first-order valence-electron chi connectivity index (χ1n) is 3.12. The zero-order valence-electron chi connectivity index (χ0n) is 5.69. The van der Waals surface area contributed by atoms with Gasteiger partial charge in [-0.1, -0.05) is 0 Å². The molecule has 0 bridgehead atoms. The molecule has 9 heavy (non-hydrogen) atoms. The average molecular weight is 135 g/mol. The Bertz CT molecular complexity index is 114. The van der Waals surface area contributed by atoms with Crippen molar-refractivity contribution < 1.29 is 8.78 Å². The highest BCUT2D eigenvalue weighted by molar-refractivity contribution is 4.87. The Kier molecular flexibility index (Phi) is 1.47. The van der Waals surface area contributed by atoms with E-state index in [-0.39, 0.29) is 6.42 Å². The van der Waals surface area contributed by atoms with Crippen LogP contribution in [0.1, 0.15) is 13.3 Å². The minimum absolute atomic E-state index is 0.0185. The van der Waals surface area contributed by atoms with Crippen molar-refractivity contribution in [1.29, 1.82) is 0 Å². The van der Waals surface area contributed by atoms with Gasteiger partial charge >= 0.3 is 0 Å². The van der Waals surface area contributed by atoms with E-state index >= 15 is 0 Å². The lowest BCUT2D eigenvalue weighted by Gasteiger charge is -2.18. The molecule has 1 unspecified atom stereocenters. The second-order valence-electron chi connectivity index (χ2n) is 2.67. The third kappa shape index (κ3) is 1.06. The number of hydrogen-bond donors (Lipinski definition) is 0. The summed E-state index contributed by atoms with van der Waals surface area (Å²) in [6.07, 6.45) is 0.0185. The maximum absolute atomic E-state index is 12.5. The molecule has 0 aromatic rings. The van der Waals surface area contributed by atoms with E-state index in [0.29, 0.717) is 6.54 Å². The molecule has 1 heterocycles. The number of rotatable bonds is 0. The molecule has 1 atom stereocenters. The van der Waals surface area contributed by atoms with Crippen LogP contribution >= 0.6 is 0 Å². The minimum Gasteiger partial charge on any atom is -0.298 e. The molecule has 1 rings (SSSR count). The van der Waals surface area contributed by atoms with Crippen LogP contribution in [0.4, 0.5) is 8.78 Å². The summed E-state index contributed by atoms with van der Waals surface area (Å²) in [6, 6.07) is -0.572. The van der Waals surface area contributed by atoms with E-state index in [0.717, 1.165) is 0 Å². The quantitative estimate of drug-likeness (QED) is 0.484. The van der Waals surface area contributed by atoms with Gasteiger partial charge in [-0.15, -0.1) is 0 Å². The fourth-order valence-corrected chi connectivity index (χ4v) is 1.05. The first kappa shape index (κ1) is 6.93. The summed E-state index contributed by atoms with van der Waals surface area (Å²) >= 11 is 0. The summed E-state index contributed by atoms with van der Waals surface area (Å²) in [4.78, 5) is 1.68. The highest BCUT2D eigenvalue weighted by atomic mass is 19.3. The van der Waals surface area contributed by atoms with Gasteiger partial charge in [-0.2, -0.15) is 0 Å². The zero-order valence-corrected chi connectivity index (χ0v) is 5.69. The van der Waals surface area contributed by atoms with Gasteiger partial charge < -0.3 is 0 Å². The van der Waals surface area contributed by atoms with Gasteiger partial charge in [-0.25, -0.2) is 8.78 Å². The Morgan fingerprint density at radius 3 is 2.22 bits per heavy atom. The summed E-state index contributed by atoms with van der Waals surface area (Å²) in [5.41, 5.74) is 0. The molecular formula is C6H11F2N. The molecule has 1 saturated heterocycles. The van der Waals surface area contributed by atoms with E-state index in [9.17, 15) is 8.78 Å². The molecule has 0 aliphatic carbocycles. The van der Waals surface area contributed by atoms with Crippen molar-refractivity contribution in [3.63, 3.8) is 0 Å². The van der Waals surface area contributed by atoms with Crippen LogP contribution in [0.2, 0.25) is 0 Å². The lowest BCUT2D eigenvalue weighted by atomic mass is 10.2. The Morgan fingerprint density at radius 2 is 2.11 bits per heavy atom. The first-order valence-corrected chi connectivity index (χ1v) is 3.12. The van der Waals surface area contributed by atoms with Gasteiger partial charge in [0, 0.05) is 13.0 Å². The summed E-state index contributed by atoms with van der Waals surface area (Å²) in [6.45, 7) is 2.08. The minimum atomic E-state index is -2.45. The average Bonchev–Trinajstić information content (AvgIpc) is 1.97. The number of nitrogens with zero attached hydrogens (tertiary/aromatic N) is 1. The van der Waals surface area contributed by atoms with Gasteiger partial charge in [0.25, 0.3) is 5.92 Å². The van der Waals surface area contributed by atoms with E-state index in [1.165, 1.54) is 0 Å². The van der Waals surface area contributed by atoms with Gasteiger partial charge in [0.2, 0.25) is 0 Å². The van der Waals surface area contributed by atoms with Gasteiger partial charge in [0.15, 0.2) is 0 Å². The summed E-state index contributed by atoms with van der Waals surface area (Å²) in [7, 11) is 1.73. The number of alkyl halides is 2. The second kappa shape index (κ2) is 1.90. The topological polar surface area (TPSA) is 3.24 Å². The van der Waals surface area contributed by atoms with Gasteiger partial charge in [0.05, 0.1) is 6.04 Å². The van der Waals surface area contributed by atoms with Crippen molar-refractivity contribution in [2.75, 3.05) is 13.6 Å². The van der Waals surface area contributed by atoms with Gasteiger partial charge in [0.1, 0.15) is 0 Å². The molecule has 0 aromatic heterocycles. The van der Waals surface area contributed by atoms with Crippen LogP contribution in [0.5, 0.6) is 0 Å². The van der Waals surface area contributed by atoms with Crippen LogP contribution < -0.4 is 0 Å². The molecule has 0 spiro atoms. The molecule has 0 radical (unpaired) electrons. The standard InChI is InChI=1S/C6H11F2N/c1-5-6(7,8)3-4-9(5)2/h5H,3-4H2,1-2H3. The molecule has 0 amide bonds. The number of hydrogen-bond acceptors (Lipinski definition) is 1. The maximum Gasteiger partial charge on any atom is 0.264 e. The molecular weight excluding hydrogens is 124 g/mol. The Balaban J connectivity index is 2.62. The summed E-state index contributed by atoms with van der Waals surface area (Å²) < 4.78 is 25.1. The van der Waals surface area contributed by atoms with Gasteiger partial charge in [-0.05, 0) is 14.0 Å². The molecule has 54 valence electrons. The molecule has 1 aliphatic heterocycles. The Morgan fingerprint density at radius 1 is 1.56 bits per heavy atom. The lowest BCUT2D eigenvalue weighted by Crippen LogP contribution is -2.33. The molecule has 1 nitrogen and oxygen atoms in total. The molecule has 0 aromatic carbocycles. The van der Waals surface area contributed by atoms with E-state index in [2.05, 4.69) is 0 Å². The third-order valence-corrected chi connectivity index (χ3v) is 2.07. The molecule has 0 saturated carbocycles. The largest absolute Gasteiger partial charge is 0.298 e. The van der Waals surface area contributed by atoms with Crippen molar-refractivity contribution in [3.05, 3.63) is 0 Å². The number of halogens is 2. The lowest BCUT2D eigenvalue weighted by molar-refractivity contribution is -0.0219. The van der Waals surface area contributed by atoms with Crippen LogP contribution in [-0.2, 0) is 0 Å². The molecule has 1 fully saturated rings. The highest BCUT2D eigenvalue weighted by Crippen LogP contribution is 2.31. The van der Waals surface area contributed by atoms with Gasteiger partial charge in [-0.3, -0.25) is 4.90 Å². The first-order chi connectivity index (χ1) is 4.04. The monoisotopic (exact) mass is 135 g/mol. The van der Waals surface area contributed by atoms with Crippen LogP contribution in [0.15, 0.2) is 0 Å². The maximum atomic E-state index is 12.5. The van der Waals surface area contributed by atoms with Crippen molar-refractivity contribution in [2.45, 2.75) is 25.3 Å². The molecule has 0 N–H and O–H groups in total. The van der Waals surface area contributed by atoms with Crippen molar-refractivity contribution >= 4 is 0 Å². The molecule has 3 heteroatoms. The smallest absolute Gasteiger partial charge is 0.264 e. The van der Waals surface area contributed by atoms with E-state index in [1.807, 2.05) is 0 Å². The fraction of sp³-hybridized carbons (Fsp3) is 1.00. The predicted molar refractivity (Wildman–Crippen MR) is 31.7 cm³/mol. The predicted octanol–water partition coefficient (Wildman–Crippen LogP) is 1.35. The van der Waals surface area contributed by atoms with Crippen LogP contribution in [0, 0.1) is 0 Å². The van der Waals surface area contributed by atoms with E-state index < -0.39 is 12.0 Å². The van der Waals surface area contributed by atoms with Crippen LogP contribution in [0.25, 0.3) is 0 Å². The molecule has 1 aliphatic rings. The van der Waals surface area contributed by atoms with Crippen molar-refractivity contribution in [1.82, 2.24) is 4.90 Å². The fourth-order valence-electron chi connectivity index (χ4n) is 1.05. The zero-order chi connectivity index (χ0) is 7.07. The van der Waals surface area contributed by atoms with E-state index in [1.54, 1.807) is 18.9 Å². The van der Waals surface area contributed by atoms with Crippen LogP contribution in [-0.4, -0.2) is 30.5 Å². The Labute approximate surface area is 53.6 Å². The normalized spacial score (nSPS) is 35.3. The number of likely N-dealkylation sites (tertiary alicyclic amines) is 1. The van der Waals surface area contributed by atoms with E-state index in [4.69, 9.17) is 0 Å². The SMILES string of the molecule is CC1N(C)CCC1(F)F.